The zero-order valence-corrected chi connectivity index (χ0v) is 13.8. The molecule has 136 valence electrons. The van der Waals surface area contributed by atoms with E-state index in [1.54, 1.807) is 0 Å². The van der Waals surface area contributed by atoms with Crippen LogP contribution in [-0.2, 0) is 26.7 Å². The SMILES string of the molecule is Cn1c(=O)c2cc(Cc3ccccc3C(F)(F)F)c(=O)[nH]c2n(C)c1=O. The minimum atomic E-state index is -4.56. The van der Waals surface area contributed by atoms with Crippen molar-refractivity contribution in [2.45, 2.75) is 12.6 Å². The third kappa shape index (κ3) is 2.85. The number of halogens is 3. The largest absolute Gasteiger partial charge is 0.416 e. The highest BCUT2D eigenvalue weighted by Gasteiger charge is 2.33. The van der Waals surface area contributed by atoms with Crippen LogP contribution in [-0.4, -0.2) is 14.1 Å². The Labute approximate surface area is 144 Å². The molecule has 2 heterocycles. The molecule has 9 heteroatoms. The van der Waals surface area contributed by atoms with Crippen LogP contribution in [0, 0.1) is 0 Å². The monoisotopic (exact) mass is 365 g/mol. The van der Waals surface area contributed by atoms with Crippen LogP contribution < -0.4 is 16.8 Å². The van der Waals surface area contributed by atoms with E-state index in [1.165, 1.54) is 38.4 Å². The first-order chi connectivity index (χ1) is 12.1. The molecule has 0 saturated carbocycles. The Bertz CT molecular complexity index is 1190. The molecule has 3 rings (SSSR count). The molecule has 0 aliphatic carbocycles. The second-order valence-corrected chi connectivity index (χ2v) is 5.92. The molecule has 0 aliphatic rings. The molecule has 0 aliphatic heterocycles. The van der Waals surface area contributed by atoms with Gasteiger partial charge in [-0.05, 0) is 17.7 Å². The molecular formula is C17H14F3N3O3. The summed E-state index contributed by atoms with van der Waals surface area (Å²) in [7, 11) is 2.67. The topological polar surface area (TPSA) is 76.9 Å². The fourth-order valence-electron chi connectivity index (χ4n) is 2.87. The Balaban J connectivity index is 2.23. The van der Waals surface area contributed by atoms with Gasteiger partial charge in [-0.1, -0.05) is 18.2 Å². The van der Waals surface area contributed by atoms with Crippen LogP contribution in [0.4, 0.5) is 13.2 Å². The third-order valence-corrected chi connectivity index (χ3v) is 4.25. The van der Waals surface area contributed by atoms with Gasteiger partial charge in [-0.15, -0.1) is 0 Å². The summed E-state index contributed by atoms with van der Waals surface area (Å²) >= 11 is 0. The maximum absolute atomic E-state index is 13.1. The van der Waals surface area contributed by atoms with Crippen molar-refractivity contribution >= 4 is 11.0 Å². The van der Waals surface area contributed by atoms with Crippen molar-refractivity contribution in [2.24, 2.45) is 14.1 Å². The first-order valence-electron chi connectivity index (χ1n) is 7.58. The molecule has 0 atom stereocenters. The predicted octanol–water partition coefficient (Wildman–Crippen LogP) is 1.54. The van der Waals surface area contributed by atoms with E-state index >= 15 is 0 Å². The van der Waals surface area contributed by atoms with Crippen LogP contribution in [0.5, 0.6) is 0 Å². The molecule has 0 spiro atoms. The highest BCUT2D eigenvalue weighted by Crippen LogP contribution is 2.32. The van der Waals surface area contributed by atoms with Crippen LogP contribution in [0.15, 0.2) is 44.7 Å². The Hall–Kier alpha value is -3.10. The number of H-pyrrole nitrogens is 1. The van der Waals surface area contributed by atoms with Crippen LogP contribution in [0.2, 0.25) is 0 Å². The quantitative estimate of drug-likeness (QED) is 0.748. The van der Waals surface area contributed by atoms with Crippen LogP contribution in [0.25, 0.3) is 11.0 Å². The number of aryl methyl sites for hydroxylation is 1. The smallest absolute Gasteiger partial charge is 0.307 e. The molecule has 6 nitrogen and oxygen atoms in total. The molecule has 1 N–H and O–H groups in total. The molecular weight excluding hydrogens is 351 g/mol. The number of rotatable bonds is 2. The van der Waals surface area contributed by atoms with Gasteiger partial charge in [0.05, 0.1) is 10.9 Å². The van der Waals surface area contributed by atoms with E-state index in [0.717, 1.165) is 15.2 Å². The van der Waals surface area contributed by atoms with Gasteiger partial charge in [0, 0.05) is 26.1 Å². The van der Waals surface area contributed by atoms with E-state index in [2.05, 4.69) is 4.98 Å². The van der Waals surface area contributed by atoms with Gasteiger partial charge in [0.15, 0.2) is 0 Å². The number of aromatic amines is 1. The molecule has 1 aromatic carbocycles. The Morgan fingerprint density at radius 1 is 1.00 bits per heavy atom. The summed E-state index contributed by atoms with van der Waals surface area (Å²) in [6.45, 7) is 0. The molecule has 26 heavy (non-hydrogen) atoms. The van der Waals surface area contributed by atoms with Gasteiger partial charge in [0.25, 0.3) is 11.1 Å². The number of hydrogen-bond acceptors (Lipinski definition) is 3. The number of hydrogen-bond donors (Lipinski definition) is 1. The maximum atomic E-state index is 13.1. The molecule has 0 unspecified atom stereocenters. The van der Waals surface area contributed by atoms with Crippen molar-refractivity contribution in [3.8, 4) is 0 Å². The summed E-state index contributed by atoms with van der Waals surface area (Å²) in [5.74, 6) is 0. The summed E-state index contributed by atoms with van der Waals surface area (Å²) in [5, 5.41) is 0.0497. The molecule has 0 radical (unpaired) electrons. The number of pyridine rings is 1. The number of nitrogens with one attached hydrogen (secondary N) is 1. The number of alkyl halides is 3. The average molecular weight is 365 g/mol. The van der Waals surface area contributed by atoms with Gasteiger partial charge in [-0.2, -0.15) is 13.2 Å². The van der Waals surface area contributed by atoms with Gasteiger partial charge in [-0.3, -0.25) is 18.7 Å². The van der Waals surface area contributed by atoms with E-state index < -0.39 is 28.5 Å². The second-order valence-electron chi connectivity index (χ2n) is 5.92. The summed E-state index contributed by atoms with van der Waals surface area (Å²) in [6, 6.07) is 6.17. The third-order valence-electron chi connectivity index (χ3n) is 4.25. The lowest BCUT2D eigenvalue weighted by Gasteiger charge is -2.13. The maximum Gasteiger partial charge on any atom is 0.416 e. The van der Waals surface area contributed by atoms with E-state index in [9.17, 15) is 27.6 Å². The highest BCUT2D eigenvalue weighted by atomic mass is 19.4. The fourth-order valence-corrected chi connectivity index (χ4v) is 2.87. The lowest BCUT2D eigenvalue weighted by molar-refractivity contribution is -0.138. The van der Waals surface area contributed by atoms with Crippen LogP contribution in [0.3, 0.4) is 0 Å². The predicted molar refractivity (Wildman–Crippen MR) is 89.3 cm³/mol. The highest BCUT2D eigenvalue weighted by molar-refractivity contribution is 5.74. The Morgan fingerprint density at radius 2 is 1.65 bits per heavy atom. The van der Waals surface area contributed by atoms with Crippen molar-refractivity contribution in [2.75, 3.05) is 0 Å². The van der Waals surface area contributed by atoms with Gasteiger partial charge in [0.1, 0.15) is 5.65 Å². The number of fused-ring (bicyclic) bond motifs is 1. The average Bonchev–Trinajstić information content (AvgIpc) is 2.59. The van der Waals surface area contributed by atoms with Gasteiger partial charge in [0.2, 0.25) is 0 Å². The second kappa shape index (κ2) is 6.01. The van der Waals surface area contributed by atoms with E-state index in [4.69, 9.17) is 0 Å². The summed E-state index contributed by atoms with van der Waals surface area (Å²) in [5.41, 5.74) is -2.80. The van der Waals surface area contributed by atoms with Crippen molar-refractivity contribution in [1.29, 1.82) is 0 Å². The molecule has 0 bridgehead atoms. The Morgan fingerprint density at radius 3 is 2.31 bits per heavy atom. The van der Waals surface area contributed by atoms with Crippen molar-refractivity contribution in [3.63, 3.8) is 0 Å². The van der Waals surface area contributed by atoms with Crippen LogP contribution >= 0.6 is 0 Å². The molecule has 0 saturated heterocycles. The summed E-state index contributed by atoms with van der Waals surface area (Å²) in [4.78, 5) is 38.9. The number of benzene rings is 1. The zero-order chi connectivity index (χ0) is 19.2. The van der Waals surface area contributed by atoms with Gasteiger partial charge < -0.3 is 4.98 Å². The van der Waals surface area contributed by atoms with E-state index in [-0.39, 0.29) is 28.6 Å². The number of nitrogens with zero attached hydrogens (tertiary/aromatic N) is 2. The lowest BCUT2D eigenvalue weighted by Crippen LogP contribution is -2.38. The van der Waals surface area contributed by atoms with Crippen molar-refractivity contribution < 1.29 is 13.2 Å². The minimum absolute atomic E-state index is 0.00458. The van der Waals surface area contributed by atoms with Crippen molar-refractivity contribution in [3.05, 3.63) is 78.2 Å². The van der Waals surface area contributed by atoms with E-state index in [0.29, 0.717) is 0 Å². The minimum Gasteiger partial charge on any atom is -0.307 e. The first kappa shape index (κ1) is 17.7. The Kier molecular flexibility index (Phi) is 4.09. The molecule has 0 fully saturated rings. The lowest BCUT2D eigenvalue weighted by atomic mass is 10.00. The van der Waals surface area contributed by atoms with Crippen molar-refractivity contribution in [1.82, 2.24) is 14.1 Å². The summed E-state index contributed by atoms with van der Waals surface area (Å²) < 4.78 is 41.4. The van der Waals surface area contributed by atoms with Gasteiger partial charge >= 0.3 is 11.9 Å². The normalized spacial score (nSPS) is 11.9. The molecule has 2 aromatic heterocycles. The first-order valence-corrected chi connectivity index (χ1v) is 7.58. The molecule has 0 amide bonds. The number of aromatic nitrogens is 3. The van der Waals surface area contributed by atoms with E-state index in [1.807, 2.05) is 0 Å². The zero-order valence-electron chi connectivity index (χ0n) is 13.8. The standard InChI is InChI=1S/C17H14F3N3O3/c1-22-13-11(15(25)23(2)16(22)26)8-10(14(24)21-13)7-9-5-3-4-6-12(9)17(18,19)20/h3-6,8H,7H2,1-2H3,(H,21,24). The molecule has 3 aromatic rings. The van der Waals surface area contributed by atoms with Crippen LogP contribution in [0.1, 0.15) is 16.7 Å². The summed E-state index contributed by atoms with van der Waals surface area (Å²) in [6.07, 6.45) is -4.85. The van der Waals surface area contributed by atoms with Gasteiger partial charge in [-0.25, -0.2) is 4.79 Å². The fraction of sp³-hybridized carbons (Fsp3) is 0.235.